The van der Waals surface area contributed by atoms with Gasteiger partial charge in [-0.3, -0.25) is 0 Å². The molecule has 0 saturated heterocycles. The zero-order valence-electron chi connectivity index (χ0n) is 8.40. The lowest BCUT2D eigenvalue weighted by Gasteiger charge is -2.14. The van der Waals surface area contributed by atoms with Crippen LogP contribution >= 0.6 is 0 Å². The Labute approximate surface area is 75.9 Å². The van der Waals surface area contributed by atoms with Crippen LogP contribution in [-0.2, 0) is 0 Å². The molecular formula is C11H21N. The minimum atomic E-state index is 0.806. The van der Waals surface area contributed by atoms with Gasteiger partial charge in [-0.2, -0.15) is 0 Å². The van der Waals surface area contributed by atoms with Crippen LogP contribution < -0.4 is 5.32 Å². The number of hydrogen-bond donors (Lipinski definition) is 1. The van der Waals surface area contributed by atoms with Gasteiger partial charge in [0, 0.05) is 6.04 Å². The summed E-state index contributed by atoms with van der Waals surface area (Å²) in [5.74, 6) is 0.806. The van der Waals surface area contributed by atoms with E-state index in [0.29, 0.717) is 0 Å². The summed E-state index contributed by atoms with van der Waals surface area (Å²) < 4.78 is 0. The normalized spacial score (nSPS) is 31.8. The van der Waals surface area contributed by atoms with E-state index < -0.39 is 0 Å². The quantitative estimate of drug-likeness (QED) is 0.681. The van der Waals surface area contributed by atoms with E-state index in [4.69, 9.17) is 0 Å². The summed E-state index contributed by atoms with van der Waals surface area (Å²) in [5.41, 5.74) is 0.842. The highest BCUT2D eigenvalue weighted by Gasteiger charge is 2.47. The van der Waals surface area contributed by atoms with Crippen LogP contribution in [0.2, 0.25) is 0 Å². The van der Waals surface area contributed by atoms with Crippen molar-refractivity contribution in [3.05, 3.63) is 0 Å². The highest BCUT2D eigenvalue weighted by Crippen LogP contribution is 2.57. The van der Waals surface area contributed by atoms with Crippen molar-refractivity contribution in [2.75, 3.05) is 6.54 Å². The molecule has 0 aromatic carbocycles. The summed E-state index contributed by atoms with van der Waals surface area (Å²) in [4.78, 5) is 0. The topological polar surface area (TPSA) is 12.0 Å². The second-order valence-corrected chi connectivity index (χ2v) is 5.24. The van der Waals surface area contributed by atoms with Crippen molar-refractivity contribution >= 4 is 0 Å². The molecule has 0 aromatic rings. The van der Waals surface area contributed by atoms with Gasteiger partial charge in [-0.15, -0.1) is 0 Å². The Balaban J connectivity index is 1.70. The lowest BCUT2D eigenvalue weighted by molar-refractivity contribution is 0.444. The van der Waals surface area contributed by atoms with Gasteiger partial charge in [0.25, 0.3) is 0 Å². The van der Waals surface area contributed by atoms with Gasteiger partial charge in [0.05, 0.1) is 0 Å². The number of hydrogen-bond acceptors (Lipinski definition) is 1. The zero-order valence-corrected chi connectivity index (χ0v) is 8.40. The van der Waals surface area contributed by atoms with Crippen LogP contribution in [0, 0.1) is 11.3 Å². The molecule has 1 N–H and O–H groups in total. The van der Waals surface area contributed by atoms with Crippen LogP contribution in [0.1, 0.15) is 46.0 Å². The van der Waals surface area contributed by atoms with Crippen LogP contribution in [0.15, 0.2) is 0 Å². The van der Waals surface area contributed by atoms with E-state index in [0.717, 1.165) is 17.4 Å². The average Bonchev–Trinajstić information content (AvgIpc) is 2.60. The van der Waals surface area contributed by atoms with Crippen LogP contribution in [0.4, 0.5) is 0 Å². The van der Waals surface area contributed by atoms with E-state index in [9.17, 15) is 0 Å². The van der Waals surface area contributed by atoms with Crippen LogP contribution in [0.5, 0.6) is 0 Å². The van der Waals surface area contributed by atoms with E-state index in [-0.39, 0.29) is 0 Å². The maximum atomic E-state index is 3.68. The van der Waals surface area contributed by atoms with Crippen molar-refractivity contribution in [3.63, 3.8) is 0 Å². The molecule has 0 amide bonds. The fourth-order valence-corrected chi connectivity index (χ4v) is 2.41. The highest BCUT2D eigenvalue weighted by atomic mass is 14.9. The van der Waals surface area contributed by atoms with Gasteiger partial charge in [-0.1, -0.05) is 13.8 Å². The summed E-state index contributed by atoms with van der Waals surface area (Å²) in [6.45, 7) is 5.78. The third-order valence-corrected chi connectivity index (χ3v) is 3.47. The third-order valence-electron chi connectivity index (χ3n) is 3.47. The second-order valence-electron chi connectivity index (χ2n) is 5.24. The second kappa shape index (κ2) is 3.02. The molecule has 2 aliphatic carbocycles. The first-order valence-corrected chi connectivity index (χ1v) is 5.44. The Morgan fingerprint density at radius 3 is 2.58 bits per heavy atom. The fourth-order valence-electron chi connectivity index (χ4n) is 2.41. The Morgan fingerprint density at radius 2 is 2.08 bits per heavy atom. The van der Waals surface area contributed by atoms with Crippen molar-refractivity contribution < 1.29 is 0 Å². The minimum absolute atomic E-state index is 0.806. The monoisotopic (exact) mass is 167 g/mol. The van der Waals surface area contributed by atoms with E-state index in [1.165, 1.54) is 38.6 Å². The molecule has 1 atom stereocenters. The van der Waals surface area contributed by atoms with Gasteiger partial charge in [-0.25, -0.2) is 0 Å². The number of rotatable bonds is 3. The fraction of sp³-hybridized carbons (Fsp3) is 1.00. The maximum absolute atomic E-state index is 3.68. The van der Waals surface area contributed by atoms with Gasteiger partial charge in [0.1, 0.15) is 0 Å². The summed E-state index contributed by atoms with van der Waals surface area (Å²) in [7, 11) is 0. The van der Waals surface area contributed by atoms with E-state index in [2.05, 4.69) is 19.2 Å². The third kappa shape index (κ3) is 1.82. The molecule has 12 heavy (non-hydrogen) atoms. The van der Waals surface area contributed by atoms with Crippen molar-refractivity contribution in [2.45, 2.75) is 52.0 Å². The molecular weight excluding hydrogens is 146 g/mol. The predicted molar refractivity (Wildman–Crippen MR) is 52.1 cm³/mol. The molecule has 0 aliphatic heterocycles. The van der Waals surface area contributed by atoms with Gasteiger partial charge in [0.2, 0.25) is 0 Å². The maximum Gasteiger partial charge on any atom is 0.00726 e. The lowest BCUT2D eigenvalue weighted by Crippen LogP contribution is -2.30. The van der Waals surface area contributed by atoms with Crippen LogP contribution in [0.25, 0.3) is 0 Å². The smallest absolute Gasteiger partial charge is 0.00726 e. The Bertz CT molecular complexity index is 158. The van der Waals surface area contributed by atoms with Gasteiger partial charge >= 0.3 is 0 Å². The van der Waals surface area contributed by atoms with Crippen molar-refractivity contribution in [3.8, 4) is 0 Å². The van der Waals surface area contributed by atoms with Crippen LogP contribution in [0.3, 0.4) is 0 Å². The standard InChI is InChI=1S/C11H21N/c1-9(2)8-12-10-3-4-11(7-10)5-6-11/h9-10,12H,3-8H2,1-2H3. The molecule has 70 valence electrons. The van der Waals surface area contributed by atoms with Crippen molar-refractivity contribution in [1.82, 2.24) is 5.32 Å². The Morgan fingerprint density at radius 1 is 1.33 bits per heavy atom. The first-order chi connectivity index (χ1) is 5.70. The largest absolute Gasteiger partial charge is 0.314 e. The van der Waals surface area contributed by atoms with Crippen LogP contribution in [-0.4, -0.2) is 12.6 Å². The Hall–Kier alpha value is -0.0400. The van der Waals surface area contributed by atoms with E-state index >= 15 is 0 Å². The summed E-state index contributed by atoms with van der Waals surface area (Å²) >= 11 is 0. The molecule has 0 aromatic heterocycles. The Kier molecular flexibility index (Phi) is 2.16. The molecule has 2 saturated carbocycles. The predicted octanol–water partition coefficient (Wildman–Crippen LogP) is 2.56. The molecule has 0 radical (unpaired) electrons. The van der Waals surface area contributed by atoms with Gasteiger partial charge < -0.3 is 5.32 Å². The summed E-state index contributed by atoms with van der Waals surface area (Å²) in [6, 6.07) is 0.856. The molecule has 1 heteroatoms. The first kappa shape index (κ1) is 8.55. The summed E-state index contributed by atoms with van der Waals surface area (Å²) in [6.07, 6.45) is 7.45. The lowest BCUT2D eigenvalue weighted by atomic mass is 10.1. The molecule has 1 unspecified atom stereocenters. The van der Waals surface area contributed by atoms with Gasteiger partial charge in [-0.05, 0) is 50.0 Å². The molecule has 0 bridgehead atoms. The number of nitrogens with one attached hydrogen (secondary N) is 1. The molecule has 2 rings (SSSR count). The molecule has 2 fully saturated rings. The summed E-state index contributed by atoms with van der Waals surface area (Å²) in [5, 5.41) is 3.68. The van der Waals surface area contributed by atoms with E-state index in [1.807, 2.05) is 0 Å². The first-order valence-electron chi connectivity index (χ1n) is 5.44. The minimum Gasteiger partial charge on any atom is -0.314 e. The SMILES string of the molecule is CC(C)CNC1CCC2(CC2)C1. The molecule has 1 nitrogen and oxygen atoms in total. The van der Waals surface area contributed by atoms with Crippen molar-refractivity contribution in [2.24, 2.45) is 11.3 Å². The van der Waals surface area contributed by atoms with E-state index in [1.54, 1.807) is 0 Å². The molecule has 2 aliphatic rings. The molecule has 0 heterocycles. The van der Waals surface area contributed by atoms with Crippen molar-refractivity contribution in [1.29, 1.82) is 0 Å². The zero-order chi connectivity index (χ0) is 8.60. The highest BCUT2D eigenvalue weighted by molar-refractivity contribution is 5.01. The van der Waals surface area contributed by atoms with Gasteiger partial charge in [0.15, 0.2) is 0 Å². The average molecular weight is 167 g/mol. The molecule has 1 spiro atoms.